The summed E-state index contributed by atoms with van der Waals surface area (Å²) >= 11 is 0. The number of nitrogens with zero attached hydrogens (tertiary/aromatic N) is 1. The fraction of sp³-hybridized carbons (Fsp3) is 0.211. The first kappa shape index (κ1) is 17.2. The van der Waals surface area contributed by atoms with Gasteiger partial charge in [-0.25, -0.2) is 8.42 Å². The Kier molecular flexibility index (Phi) is 4.39. The third-order valence-electron chi connectivity index (χ3n) is 4.29. The van der Waals surface area contributed by atoms with Crippen LogP contribution in [0.5, 0.6) is 0 Å². The third-order valence-corrected chi connectivity index (χ3v) is 5.79. The van der Waals surface area contributed by atoms with Gasteiger partial charge in [0.05, 0.1) is 16.3 Å². The molecular weight excluding hydrogens is 336 g/mol. The number of aryl methyl sites for hydroxylation is 3. The van der Waals surface area contributed by atoms with Crippen molar-refractivity contribution in [2.24, 2.45) is 0 Å². The molecule has 0 spiro atoms. The van der Waals surface area contributed by atoms with Gasteiger partial charge in [-0.2, -0.15) is 0 Å². The van der Waals surface area contributed by atoms with Crippen LogP contribution in [0, 0.1) is 27.7 Å². The molecule has 0 atom stereocenters. The molecule has 0 saturated carbocycles. The normalized spacial score (nSPS) is 11.5. The second-order valence-corrected chi connectivity index (χ2v) is 7.77. The van der Waals surface area contributed by atoms with Crippen LogP contribution in [0.1, 0.15) is 22.4 Å². The lowest BCUT2D eigenvalue weighted by molar-refractivity contribution is 0.427. The van der Waals surface area contributed by atoms with Crippen molar-refractivity contribution >= 4 is 15.7 Å². The van der Waals surface area contributed by atoms with Crippen LogP contribution in [-0.4, -0.2) is 13.6 Å². The Hall–Kier alpha value is -2.60. The van der Waals surface area contributed by atoms with Crippen LogP contribution in [0.3, 0.4) is 0 Å². The van der Waals surface area contributed by atoms with E-state index in [0.29, 0.717) is 22.6 Å². The van der Waals surface area contributed by atoms with Gasteiger partial charge in [-0.3, -0.25) is 4.72 Å². The van der Waals surface area contributed by atoms with Gasteiger partial charge in [0.2, 0.25) is 0 Å². The number of para-hydroxylation sites is 1. The maximum Gasteiger partial charge on any atom is 0.262 e. The minimum Gasteiger partial charge on any atom is -0.356 e. The minimum atomic E-state index is -3.72. The van der Waals surface area contributed by atoms with E-state index in [9.17, 15) is 8.42 Å². The lowest BCUT2D eigenvalue weighted by atomic mass is 10.1. The molecule has 0 aliphatic rings. The zero-order valence-electron chi connectivity index (χ0n) is 14.6. The van der Waals surface area contributed by atoms with Gasteiger partial charge in [-0.1, -0.05) is 35.5 Å². The molecule has 2 aromatic carbocycles. The fourth-order valence-electron chi connectivity index (χ4n) is 2.60. The Morgan fingerprint density at radius 2 is 1.68 bits per heavy atom. The number of aromatic nitrogens is 1. The highest BCUT2D eigenvalue weighted by molar-refractivity contribution is 7.92. The van der Waals surface area contributed by atoms with E-state index in [4.69, 9.17) is 4.52 Å². The number of nitrogens with one attached hydrogen (secondary N) is 1. The average molecular weight is 356 g/mol. The fourth-order valence-corrected chi connectivity index (χ4v) is 4.01. The molecule has 0 saturated heterocycles. The molecule has 5 nitrogen and oxygen atoms in total. The molecule has 1 heterocycles. The highest BCUT2D eigenvalue weighted by atomic mass is 32.2. The van der Waals surface area contributed by atoms with Crippen molar-refractivity contribution in [2.75, 3.05) is 4.72 Å². The van der Waals surface area contributed by atoms with Crippen molar-refractivity contribution in [1.82, 2.24) is 5.16 Å². The first-order valence-electron chi connectivity index (χ1n) is 7.92. The zero-order valence-corrected chi connectivity index (χ0v) is 15.4. The predicted molar refractivity (Wildman–Crippen MR) is 98.1 cm³/mol. The molecule has 25 heavy (non-hydrogen) atoms. The molecule has 1 aromatic heterocycles. The van der Waals surface area contributed by atoms with Crippen molar-refractivity contribution in [3.05, 3.63) is 64.8 Å². The molecule has 6 heteroatoms. The van der Waals surface area contributed by atoms with Gasteiger partial charge < -0.3 is 4.52 Å². The Morgan fingerprint density at radius 3 is 2.32 bits per heavy atom. The van der Waals surface area contributed by atoms with E-state index >= 15 is 0 Å². The molecule has 3 aromatic rings. The van der Waals surface area contributed by atoms with E-state index in [2.05, 4.69) is 9.88 Å². The summed E-state index contributed by atoms with van der Waals surface area (Å²) in [6.07, 6.45) is 0. The van der Waals surface area contributed by atoms with Crippen LogP contribution in [0.15, 0.2) is 51.9 Å². The monoisotopic (exact) mass is 356 g/mol. The standard InChI is InChI=1S/C19H20N2O3S/c1-12-7-5-6-8-17(12)21-25(22,23)18-11-16(10-9-13(18)2)19-14(3)15(4)20-24-19/h5-11,21H,1-4H3. The largest absolute Gasteiger partial charge is 0.356 e. The number of hydrogen-bond donors (Lipinski definition) is 1. The van der Waals surface area contributed by atoms with E-state index in [1.807, 2.05) is 39.0 Å². The molecule has 130 valence electrons. The van der Waals surface area contributed by atoms with Crippen LogP contribution in [0.2, 0.25) is 0 Å². The average Bonchev–Trinajstić information content (AvgIpc) is 2.89. The van der Waals surface area contributed by atoms with Crippen molar-refractivity contribution in [1.29, 1.82) is 0 Å². The summed E-state index contributed by atoms with van der Waals surface area (Å²) in [5.74, 6) is 0.588. The molecule has 0 unspecified atom stereocenters. The SMILES string of the molecule is Cc1ccccc1NS(=O)(=O)c1cc(-c2onc(C)c2C)ccc1C. The topological polar surface area (TPSA) is 72.2 Å². The van der Waals surface area contributed by atoms with E-state index in [-0.39, 0.29) is 4.90 Å². The Balaban J connectivity index is 2.06. The van der Waals surface area contributed by atoms with Gasteiger partial charge in [0, 0.05) is 11.1 Å². The van der Waals surface area contributed by atoms with Gasteiger partial charge in [-0.15, -0.1) is 0 Å². The Labute approximate surface area is 147 Å². The molecule has 0 aliphatic heterocycles. The van der Waals surface area contributed by atoms with Crippen molar-refractivity contribution in [3.63, 3.8) is 0 Å². The first-order chi connectivity index (χ1) is 11.8. The lowest BCUT2D eigenvalue weighted by Crippen LogP contribution is -2.15. The molecule has 0 aliphatic carbocycles. The second-order valence-electron chi connectivity index (χ2n) is 6.12. The van der Waals surface area contributed by atoms with Gasteiger partial charge in [-0.05, 0) is 51.0 Å². The predicted octanol–water partition coefficient (Wildman–Crippen LogP) is 4.38. The summed E-state index contributed by atoms with van der Waals surface area (Å²) in [4.78, 5) is 0.224. The maximum atomic E-state index is 12.9. The zero-order chi connectivity index (χ0) is 18.2. The molecule has 0 fully saturated rings. The van der Waals surface area contributed by atoms with Gasteiger partial charge in [0.1, 0.15) is 0 Å². The highest BCUT2D eigenvalue weighted by Crippen LogP contribution is 2.30. The summed E-state index contributed by atoms with van der Waals surface area (Å²) in [5, 5.41) is 3.95. The minimum absolute atomic E-state index is 0.224. The lowest BCUT2D eigenvalue weighted by Gasteiger charge is -2.13. The molecule has 0 bridgehead atoms. The number of sulfonamides is 1. The van der Waals surface area contributed by atoms with Crippen LogP contribution in [-0.2, 0) is 10.0 Å². The maximum absolute atomic E-state index is 12.9. The quantitative estimate of drug-likeness (QED) is 0.753. The smallest absolute Gasteiger partial charge is 0.262 e. The van der Waals surface area contributed by atoms with Crippen LogP contribution < -0.4 is 4.72 Å². The number of benzene rings is 2. The van der Waals surface area contributed by atoms with Gasteiger partial charge in [0.15, 0.2) is 5.76 Å². The molecule has 0 amide bonds. The van der Waals surface area contributed by atoms with Crippen LogP contribution >= 0.6 is 0 Å². The van der Waals surface area contributed by atoms with Gasteiger partial charge >= 0.3 is 0 Å². The summed E-state index contributed by atoms with van der Waals surface area (Å²) < 4.78 is 33.8. The molecular formula is C19H20N2O3S. The Bertz CT molecular complexity index is 1040. The summed E-state index contributed by atoms with van der Waals surface area (Å²) in [5.41, 5.74) is 4.48. The van der Waals surface area contributed by atoms with Crippen molar-refractivity contribution < 1.29 is 12.9 Å². The van der Waals surface area contributed by atoms with Crippen LogP contribution in [0.25, 0.3) is 11.3 Å². The van der Waals surface area contributed by atoms with E-state index < -0.39 is 10.0 Å². The Morgan fingerprint density at radius 1 is 0.960 bits per heavy atom. The number of anilines is 1. The van der Waals surface area contributed by atoms with E-state index in [1.165, 1.54) is 0 Å². The summed E-state index contributed by atoms with van der Waals surface area (Å²) in [6, 6.07) is 12.5. The molecule has 3 rings (SSSR count). The van der Waals surface area contributed by atoms with Crippen molar-refractivity contribution in [2.45, 2.75) is 32.6 Å². The van der Waals surface area contributed by atoms with E-state index in [1.54, 1.807) is 31.2 Å². The molecule has 0 radical (unpaired) electrons. The summed E-state index contributed by atoms with van der Waals surface area (Å²) in [7, 11) is -3.72. The van der Waals surface area contributed by atoms with Crippen molar-refractivity contribution in [3.8, 4) is 11.3 Å². The van der Waals surface area contributed by atoms with E-state index in [0.717, 1.165) is 16.8 Å². The highest BCUT2D eigenvalue weighted by Gasteiger charge is 2.20. The third kappa shape index (κ3) is 3.30. The molecule has 1 N–H and O–H groups in total. The van der Waals surface area contributed by atoms with Crippen LogP contribution in [0.4, 0.5) is 5.69 Å². The van der Waals surface area contributed by atoms with Gasteiger partial charge in [0.25, 0.3) is 10.0 Å². The second kappa shape index (κ2) is 6.37. The number of rotatable bonds is 4. The first-order valence-corrected chi connectivity index (χ1v) is 9.40. The number of hydrogen-bond acceptors (Lipinski definition) is 4. The summed E-state index contributed by atoms with van der Waals surface area (Å²) in [6.45, 7) is 7.39.